The number of carbonyl (C=O) groups excluding carboxylic acids is 1. The average molecular weight is 383 g/mol. The second-order valence-electron chi connectivity index (χ2n) is 5.93. The van der Waals surface area contributed by atoms with E-state index >= 15 is 0 Å². The molecule has 0 aliphatic carbocycles. The van der Waals surface area contributed by atoms with E-state index in [-0.39, 0.29) is 30.2 Å². The minimum atomic E-state index is -0.650. The quantitative estimate of drug-likeness (QED) is 0.263. The number of nitro benzene ring substituents is 1. The van der Waals surface area contributed by atoms with Gasteiger partial charge in [-0.25, -0.2) is 0 Å². The largest absolute Gasteiger partial charge is 0.496 e. The molecule has 0 atom stereocenters. The Labute approximate surface area is 160 Å². The van der Waals surface area contributed by atoms with Crippen LogP contribution in [0.3, 0.4) is 0 Å². The molecule has 2 aromatic carbocycles. The van der Waals surface area contributed by atoms with Crippen molar-refractivity contribution in [2.45, 2.75) is 19.8 Å². The molecule has 144 valence electrons. The maximum Gasteiger partial charge on any atom is 0.315 e. The summed E-state index contributed by atoms with van der Waals surface area (Å²) in [6, 6.07) is 11.6. The number of esters is 1. The monoisotopic (exact) mass is 383 g/mol. The highest BCUT2D eigenvalue weighted by Crippen LogP contribution is 2.31. The normalized spacial score (nSPS) is 10.5. The number of methoxy groups -OCH3 is 1. The second-order valence-corrected chi connectivity index (χ2v) is 5.93. The number of rotatable bonds is 7. The van der Waals surface area contributed by atoms with Crippen molar-refractivity contribution in [1.82, 2.24) is 10.2 Å². The zero-order chi connectivity index (χ0) is 20.1. The predicted molar refractivity (Wildman–Crippen MR) is 98.1 cm³/mol. The molecule has 1 heterocycles. The van der Waals surface area contributed by atoms with Crippen LogP contribution in [0.5, 0.6) is 11.5 Å². The Kier molecular flexibility index (Phi) is 5.64. The van der Waals surface area contributed by atoms with Gasteiger partial charge in [0.2, 0.25) is 17.5 Å². The number of hydrogen-bond acceptors (Lipinski definition) is 8. The fourth-order valence-corrected chi connectivity index (χ4v) is 2.40. The third-order valence-corrected chi connectivity index (χ3v) is 3.89. The molecule has 9 nitrogen and oxygen atoms in total. The highest BCUT2D eigenvalue weighted by atomic mass is 16.6. The molecule has 0 fully saturated rings. The van der Waals surface area contributed by atoms with Crippen molar-refractivity contribution < 1.29 is 23.6 Å². The van der Waals surface area contributed by atoms with E-state index in [1.165, 1.54) is 25.3 Å². The number of aryl methyl sites for hydroxylation is 2. The van der Waals surface area contributed by atoms with Crippen molar-refractivity contribution in [3.8, 4) is 23.0 Å². The Hall–Kier alpha value is -3.75. The summed E-state index contributed by atoms with van der Waals surface area (Å²) in [7, 11) is 1.39. The zero-order valence-corrected chi connectivity index (χ0v) is 15.2. The lowest BCUT2D eigenvalue weighted by Gasteiger charge is -2.06. The van der Waals surface area contributed by atoms with Gasteiger partial charge in [-0.15, -0.1) is 10.2 Å². The van der Waals surface area contributed by atoms with Crippen molar-refractivity contribution in [2.75, 3.05) is 7.11 Å². The van der Waals surface area contributed by atoms with E-state index in [2.05, 4.69) is 10.2 Å². The van der Waals surface area contributed by atoms with Crippen LogP contribution < -0.4 is 9.47 Å². The smallest absolute Gasteiger partial charge is 0.315 e. The number of benzene rings is 2. The van der Waals surface area contributed by atoms with E-state index < -0.39 is 10.9 Å². The highest BCUT2D eigenvalue weighted by Gasteiger charge is 2.20. The van der Waals surface area contributed by atoms with Crippen LogP contribution >= 0.6 is 0 Å². The molecule has 0 saturated heterocycles. The van der Waals surface area contributed by atoms with Gasteiger partial charge in [-0.05, 0) is 31.2 Å². The van der Waals surface area contributed by atoms with Crippen LogP contribution in [-0.2, 0) is 11.2 Å². The first kappa shape index (κ1) is 19.0. The molecule has 3 rings (SSSR count). The number of ether oxygens (including phenoxy) is 2. The molecule has 0 aliphatic rings. The van der Waals surface area contributed by atoms with Crippen molar-refractivity contribution in [3.63, 3.8) is 0 Å². The lowest BCUT2D eigenvalue weighted by Crippen LogP contribution is -2.10. The second kappa shape index (κ2) is 8.30. The SMILES string of the molecule is COc1ccc(OC(=O)CCc2nnc(-c3ccc(C)cc3)o2)c([N+](=O)[O-])c1. The molecule has 0 N–H and O–H groups in total. The molecule has 9 heteroatoms. The molecule has 0 amide bonds. The summed E-state index contributed by atoms with van der Waals surface area (Å²) >= 11 is 0. The predicted octanol–water partition coefficient (Wildman–Crippen LogP) is 3.50. The molecular formula is C19H17N3O6. The van der Waals surface area contributed by atoms with Crippen molar-refractivity contribution in [1.29, 1.82) is 0 Å². The molecule has 0 spiro atoms. The molecule has 0 saturated carbocycles. The fourth-order valence-electron chi connectivity index (χ4n) is 2.40. The van der Waals surface area contributed by atoms with Gasteiger partial charge in [0.1, 0.15) is 5.75 Å². The van der Waals surface area contributed by atoms with Crippen LogP contribution in [0.1, 0.15) is 17.9 Å². The standard InChI is InChI=1S/C19H17N3O6/c1-12-3-5-13(6-4-12)19-21-20-17(28-19)9-10-18(23)27-16-8-7-14(26-2)11-15(16)22(24)25/h3-8,11H,9-10H2,1-2H3. The van der Waals surface area contributed by atoms with Crippen molar-refractivity contribution in [3.05, 3.63) is 64.0 Å². The fraction of sp³-hybridized carbons (Fsp3) is 0.211. The van der Waals surface area contributed by atoms with E-state index in [1.807, 2.05) is 31.2 Å². The summed E-state index contributed by atoms with van der Waals surface area (Å²) < 4.78 is 15.6. The van der Waals surface area contributed by atoms with Crippen LogP contribution in [0, 0.1) is 17.0 Å². The Bertz CT molecular complexity index is 997. The molecule has 0 radical (unpaired) electrons. The first-order valence-corrected chi connectivity index (χ1v) is 8.39. The van der Waals surface area contributed by atoms with Crippen LogP contribution in [0.4, 0.5) is 5.69 Å². The van der Waals surface area contributed by atoms with E-state index in [0.29, 0.717) is 11.6 Å². The van der Waals surface area contributed by atoms with E-state index in [9.17, 15) is 14.9 Å². The Morgan fingerprint density at radius 2 is 1.93 bits per heavy atom. The van der Waals surface area contributed by atoms with Gasteiger partial charge in [0.05, 0.1) is 24.5 Å². The molecule has 0 unspecified atom stereocenters. The van der Waals surface area contributed by atoms with Gasteiger partial charge in [0, 0.05) is 12.0 Å². The zero-order valence-electron chi connectivity index (χ0n) is 15.2. The number of carbonyl (C=O) groups is 1. The van der Waals surface area contributed by atoms with Crippen LogP contribution in [-0.4, -0.2) is 28.2 Å². The van der Waals surface area contributed by atoms with Crippen LogP contribution in [0.2, 0.25) is 0 Å². The van der Waals surface area contributed by atoms with E-state index in [4.69, 9.17) is 13.9 Å². The maximum absolute atomic E-state index is 12.1. The van der Waals surface area contributed by atoms with Gasteiger partial charge in [0.25, 0.3) is 0 Å². The highest BCUT2D eigenvalue weighted by molar-refractivity contribution is 5.74. The number of aromatic nitrogens is 2. The Morgan fingerprint density at radius 3 is 2.61 bits per heavy atom. The minimum Gasteiger partial charge on any atom is -0.496 e. The van der Waals surface area contributed by atoms with E-state index in [1.54, 1.807) is 0 Å². The molecule has 28 heavy (non-hydrogen) atoms. The first-order chi connectivity index (χ1) is 13.5. The summed E-state index contributed by atoms with van der Waals surface area (Å²) in [5.41, 5.74) is 1.53. The van der Waals surface area contributed by atoms with Crippen LogP contribution in [0.25, 0.3) is 11.5 Å². The summed E-state index contributed by atoms with van der Waals surface area (Å²) in [4.78, 5) is 22.6. The van der Waals surface area contributed by atoms with Gasteiger partial charge in [-0.3, -0.25) is 14.9 Å². The Morgan fingerprint density at radius 1 is 1.18 bits per heavy atom. The molecule has 1 aromatic heterocycles. The average Bonchev–Trinajstić information content (AvgIpc) is 3.16. The number of hydrogen-bond donors (Lipinski definition) is 0. The third-order valence-electron chi connectivity index (χ3n) is 3.89. The summed E-state index contributed by atoms with van der Waals surface area (Å²) in [5, 5.41) is 19.0. The van der Waals surface area contributed by atoms with Gasteiger partial charge >= 0.3 is 11.7 Å². The molecule has 3 aromatic rings. The minimum absolute atomic E-state index is 0.0707. The molecule has 0 aliphatic heterocycles. The third kappa shape index (κ3) is 4.50. The maximum atomic E-state index is 12.1. The van der Waals surface area contributed by atoms with Gasteiger partial charge in [0.15, 0.2) is 0 Å². The molecule has 0 bridgehead atoms. The number of nitro groups is 1. The summed E-state index contributed by atoms with van der Waals surface area (Å²) in [5.74, 6) is 0.122. The van der Waals surface area contributed by atoms with Gasteiger partial charge < -0.3 is 13.9 Å². The summed E-state index contributed by atoms with van der Waals surface area (Å²) in [6.45, 7) is 1.97. The first-order valence-electron chi connectivity index (χ1n) is 8.39. The van der Waals surface area contributed by atoms with Gasteiger partial charge in [-0.2, -0.15) is 0 Å². The van der Waals surface area contributed by atoms with Crippen molar-refractivity contribution >= 4 is 11.7 Å². The van der Waals surface area contributed by atoms with Crippen molar-refractivity contribution in [2.24, 2.45) is 0 Å². The Balaban J connectivity index is 1.62. The molecular weight excluding hydrogens is 366 g/mol. The topological polar surface area (TPSA) is 118 Å². The van der Waals surface area contributed by atoms with E-state index in [0.717, 1.165) is 11.1 Å². The number of nitrogens with zero attached hydrogens (tertiary/aromatic N) is 3. The van der Waals surface area contributed by atoms with Gasteiger partial charge in [-0.1, -0.05) is 17.7 Å². The lowest BCUT2D eigenvalue weighted by molar-refractivity contribution is -0.385. The summed E-state index contributed by atoms with van der Waals surface area (Å²) in [6.07, 6.45) is 0.0837. The lowest BCUT2D eigenvalue weighted by atomic mass is 10.1. The van der Waals surface area contributed by atoms with Crippen LogP contribution in [0.15, 0.2) is 46.9 Å².